The van der Waals surface area contributed by atoms with E-state index in [9.17, 15) is 22.8 Å². The van der Waals surface area contributed by atoms with Crippen molar-refractivity contribution < 1.29 is 22.8 Å². The van der Waals surface area contributed by atoms with Crippen LogP contribution in [0.4, 0.5) is 13.2 Å². The number of benzene rings is 2. The summed E-state index contributed by atoms with van der Waals surface area (Å²) in [5.41, 5.74) is 1.53. The van der Waals surface area contributed by atoms with Crippen molar-refractivity contribution in [3.05, 3.63) is 69.9 Å². The van der Waals surface area contributed by atoms with Crippen LogP contribution in [0.5, 0.6) is 0 Å². The number of thiophene rings is 1. The third-order valence-corrected chi connectivity index (χ3v) is 6.37. The largest absolute Gasteiger partial charge is 0.450 e. The summed E-state index contributed by atoms with van der Waals surface area (Å²) in [4.78, 5) is 29.5. The maximum atomic E-state index is 13.5. The zero-order valence-electron chi connectivity index (χ0n) is 16.8. The van der Waals surface area contributed by atoms with Gasteiger partial charge in [0.2, 0.25) is 11.6 Å². The van der Waals surface area contributed by atoms with Gasteiger partial charge in [-0.3, -0.25) is 9.59 Å². The highest BCUT2D eigenvalue weighted by Gasteiger charge is 2.44. The second-order valence-electron chi connectivity index (χ2n) is 7.49. The number of Topliss-reactive ketones (excluding diaryl/α,β-unsaturated/α-hetero) is 1. The van der Waals surface area contributed by atoms with Crippen molar-refractivity contribution in [2.45, 2.75) is 38.3 Å². The van der Waals surface area contributed by atoms with Gasteiger partial charge in [-0.05, 0) is 29.5 Å². The Kier molecular flexibility index (Phi) is 5.71. The van der Waals surface area contributed by atoms with E-state index in [0.29, 0.717) is 23.2 Å². The van der Waals surface area contributed by atoms with E-state index in [-0.39, 0.29) is 23.3 Å². The highest BCUT2D eigenvalue weighted by Crippen LogP contribution is 2.38. The molecule has 160 valence electrons. The zero-order chi connectivity index (χ0) is 22.2. The molecular weight excluding hydrogens is 423 g/mol. The summed E-state index contributed by atoms with van der Waals surface area (Å²) < 4.78 is 40.4. The molecule has 0 aliphatic heterocycles. The Hall–Kier alpha value is -2.93. The van der Waals surface area contributed by atoms with E-state index < -0.39 is 17.9 Å². The second-order valence-corrected chi connectivity index (χ2v) is 8.43. The van der Waals surface area contributed by atoms with Crippen LogP contribution < -0.4 is 0 Å². The summed E-state index contributed by atoms with van der Waals surface area (Å²) in [5.74, 6) is -3.61. The lowest BCUT2D eigenvalue weighted by Crippen LogP contribution is -2.30. The van der Waals surface area contributed by atoms with Gasteiger partial charge in [-0.15, -0.1) is 11.3 Å². The molecule has 2 heterocycles. The Morgan fingerprint density at radius 2 is 1.81 bits per heavy atom. The van der Waals surface area contributed by atoms with Gasteiger partial charge in [-0.1, -0.05) is 56.2 Å². The van der Waals surface area contributed by atoms with Gasteiger partial charge in [0, 0.05) is 16.3 Å². The van der Waals surface area contributed by atoms with Crippen molar-refractivity contribution in [2.75, 3.05) is 0 Å². The van der Waals surface area contributed by atoms with Gasteiger partial charge in [-0.2, -0.15) is 13.2 Å². The van der Waals surface area contributed by atoms with Gasteiger partial charge < -0.3 is 4.98 Å². The van der Waals surface area contributed by atoms with Crippen LogP contribution in [0, 0.1) is 0 Å². The highest BCUT2D eigenvalue weighted by molar-refractivity contribution is 7.12. The number of nitrogens with one attached hydrogen (secondary N) is 1. The third-order valence-electron chi connectivity index (χ3n) is 5.50. The number of aromatic amines is 1. The third kappa shape index (κ3) is 3.90. The molecule has 0 radical (unpaired) electrons. The number of hydrogen-bond acceptors (Lipinski definition) is 3. The quantitative estimate of drug-likeness (QED) is 0.312. The van der Waals surface area contributed by atoms with E-state index >= 15 is 0 Å². The lowest BCUT2D eigenvalue weighted by Gasteiger charge is -2.21. The number of halogens is 3. The highest BCUT2D eigenvalue weighted by atomic mass is 32.1. The first-order valence-corrected chi connectivity index (χ1v) is 10.9. The first kappa shape index (κ1) is 21.3. The molecule has 0 aliphatic carbocycles. The summed E-state index contributed by atoms with van der Waals surface area (Å²) in [6.07, 6.45) is -3.85. The maximum Gasteiger partial charge on any atom is 0.450 e. The molecule has 0 fully saturated rings. The number of H-pyrrole nitrogens is 1. The summed E-state index contributed by atoms with van der Waals surface area (Å²) in [6.45, 7) is 1.85. The average Bonchev–Trinajstić information content (AvgIpc) is 3.40. The van der Waals surface area contributed by atoms with Crippen molar-refractivity contribution in [3.8, 4) is 0 Å². The summed E-state index contributed by atoms with van der Waals surface area (Å²) in [6, 6.07) is 14.0. The molecule has 4 aromatic rings. The predicted octanol–water partition coefficient (Wildman–Crippen LogP) is 7.02. The number of carbonyl (C=O) groups excluding carboxylic acids is 2. The molecule has 0 bridgehead atoms. The number of hydrogen-bond donors (Lipinski definition) is 1. The topological polar surface area (TPSA) is 49.9 Å². The van der Waals surface area contributed by atoms with Gasteiger partial charge in [0.05, 0.1) is 21.9 Å². The van der Waals surface area contributed by atoms with Crippen molar-refractivity contribution in [3.63, 3.8) is 0 Å². The van der Waals surface area contributed by atoms with E-state index in [4.69, 9.17) is 0 Å². The average molecular weight is 443 g/mol. The first-order valence-electron chi connectivity index (χ1n) is 10.1. The smallest absolute Gasteiger partial charge is 0.354 e. The van der Waals surface area contributed by atoms with Crippen molar-refractivity contribution in [2.24, 2.45) is 0 Å². The first-order chi connectivity index (χ1) is 14.8. The van der Waals surface area contributed by atoms with Gasteiger partial charge in [0.25, 0.3) is 0 Å². The monoisotopic (exact) mass is 443 g/mol. The van der Waals surface area contributed by atoms with Gasteiger partial charge in [-0.25, -0.2) is 0 Å². The Balaban J connectivity index is 2.01. The van der Waals surface area contributed by atoms with Crippen molar-refractivity contribution in [1.82, 2.24) is 4.98 Å². The van der Waals surface area contributed by atoms with E-state index in [0.717, 1.165) is 16.3 Å². The second kappa shape index (κ2) is 8.30. The molecule has 0 aliphatic rings. The molecule has 1 unspecified atom stereocenters. The zero-order valence-corrected chi connectivity index (χ0v) is 17.6. The number of ketones is 2. The molecular formula is C24H20F3NO2S. The Bertz CT molecular complexity index is 1260. The summed E-state index contributed by atoms with van der Waals surface area (Å²) in [5, 5.41) is 3.36. The summed E-state index contributed by atoms with van der Waals surface area (Å²) in [7, 11) is 0. The number of alkyl halides is 3. The minimum atomic E-state index is -4.98. The lowest BCUT2D eigenvalue weighted by molar-refractivity contribution is -0.173. The number of fused-ring (bicyclic) bond motifs is 3. The fraction of sp³-hybridized carbons (Fsp3) is 0.250. The molecule has 7 heteroatoms. The molecule has 1 atom stereocenters. The van der Waals surface area contributed by atoms with Gasteiger partial charge >= 0.3 is 6.18 Å². The molecule has 2 aromatic heterocycles. The number of unbranched alkanes of at least 4 members (excludes halogenated alkanes) is 1. The molecule has 0 saturated carbocycles. The number of para-hydroxylation sites is 1. The lowest BCUT2D eigenvalue weighted by atomic mass is 9.84. The molecule has 31 heavy (non-hydrogen) atoms. The SMILES string of the molecule is CCCCC(C(=O)C(F)(F)F)c1ccc2c([nH]c3ccccc32)c1C(=O)c1cccs1. The Morgan fingerprint density at radius 3 is 2.48 bits per heavy atom. The molecule has 2 aromatic carbocycles. The van der Waals surface area contributed by atoms with Crippen LogP contribution in [-0.4, -0.2) is 22.7 Å². The van der Waals surface area contributed by atoms with Crippen LogP contribution in [0.1, 0.15) is 52.9 Å². The normalized spacial score (nSPS) is 13.0. The van der Waals surface area contributed by atoms with Crippen LogP contribution in [0.25, 0.3) is 21.8 Å². The molecule has 0 saturated heterocycles. The van der Waals surface area contributed by atoms with Crippen LogP contribution in [0.2, 0.25) is 0 Å². The molecule has 1 N–H and O–H groups in total. The molecule has 0 amide bonds. The number of carbonyl (C=O) groups is 2. The van der Waals surface area contributed by atoms with E-state index in [1.807, 2.05) is 31.2 Å². The Morgan fingerprint density at radius 1 is 1.03 bits per heavy atom. The van der Waals surface area contributed by atoms with E-state index in [1.165, 1.54) is 17.4 Å². The predicted molar refractivity (Wildman–Crippen MR) is 117 cm³/mol. The van der Waals surface area contributed by atoms with E-state index in [1.54, 1.807) is 23.6 Å². The fourth-order valence-electron chi connectivity index (χ4n) is 4.03. The van der Waals surface area contributed by atoms with Crippen LogP contribution in [0.15, 0.2) is 53.9 Å². The Labute approximate surface area is 180 Å². The van der Waals surface area contributed by atoms with Crippen LogP contribution in [0.3, 0.4) is 0 Å². The molecule has 0 spiro atoms. The maximum absolute atomic E-state index is 13.5. The van der Waals surface area contributed by atoms with Crippen LogP contribution >= 0.6 is 11.3 Å². The van der Waals surface area contributed by atoms with Gasteiger partial charge in [0.1, 0.15) is 0 Å². The van der Waals surface area contributed by atoms with Crippen LogP contribution in [-0.2, 0) is 4.79 Å². The van der Waals surface area contributed by atoms with Gasteiger partial charge in [0.15, 0.2) is 0 Å². The van der Waals surface area contributed by atoms with Crippen molar-refractivity contribution in [1.29, 1.82) is 0 Å². The molecule has 4 rings (SSSR count). The molecule has 3 nitrogen and oxygen atoms in total. The fourth-order valence-corrected chi connectivity index (χ4v) is 4.70. The standard InChI is InChI=1S/C24H20F3NO2S/c1-2-3-7-17(23(30)24(25,26)27)15-11-12-16-14-8-4-5-9-18(14)28-21(16)20(15)22(29)19-10-6-13-31-19/h4-6,8-13,17,28H,2-3,7H2,1H3. The van der Waals surface area contributed by atoms with E-state index in [2.05, 4.69) is 4.98 Å². The minimum Gasteiger partial charge on any atom is -0.354 e. The number of aromatic nitrogens is 1. The summed E-state index contributed by atoms with van der Waals surface area (Å²) >= 11 is 1.22. The number of rotatable bonds is 7. The minimum absolute atomic E-state index is 0.0330. The van der Waals surface area contributed by atoms with Crippen molar-refractivity contribution >= 4 is 44.7 Å².